The summed E-state index contributed by atoms with van der Waals surface area (Å²) in [6, 6.07) is 2.07. The number of hydrogen-bond donors (Lipinski definition) is 1. The molecule has 0 heterocycles. The number of unbranched alkanes of at least 4 members (excludes halogenated alkanes) is 2. The monoisotopic (exact) mass is 189 g/mol. The highest BCUT2D eigenvalue weighted by atomic mass is 28.4. The van der Waals surface area contributed by atoms with Crippen molar-refractivity contribution in [2.45, 2.75) is 52.1 Å². The molecule has 2 nitrogen and oxygen atoms in total. The van der Waals surface area contributed by atoms with Crippen LogP contribution in [0.15, 0.2) is 0 Å². The Labute approximate surface area is 77.7 Å². The van der Waals surface area contributed by atoms with Crippen LogP contribution in [0, 0.1) is 0 Å². The number of nitrogens with two attached hydrogens (primary N) is 1. The molecule has 0 aliphatic heterocycles. The molecule has 0 rings (SSSR count). The van der Waals surface area contributed by atoms with E-state index in [1.807, 2.05) is 0 Å². The van der Waals surface area contributed by atoms with E-state index in [2.05, 4.69) is 20.8 Å². The first-order valence-corrected chi connectivity index (χ1v) is 7.51. The highest BCUT2D eigenvalue weighted by Gasteiger charge is 2.25. The molecule has 74 valence electrons. The molecule has 3 heteroatoms. The molecule has 0 bridgehead atoms. The van der Waals surface area contributed by atoms with Crippen LogP contribution in [0.1, 0.15) is 40.0 Å². The zero-order chi connectivity index (χ0) is 9.45. The van der Waals surface area contributed by atoms with Crippen molar-refractivity contribution >= 4 is 8.48 Å². The Bertz CT molecular complexity index is 105. The molecule has 0 aromatic heterocycles. The van der Waals surface area contributed by atoms with E-state index in [1.165, 1.54) is 19.3 Å². The van der Waals surface area contributed by atoms with Gasteiger partial charge in [0.05, 0.1) is 0 Å². The molecule has 0 aliphatic carbocycles. The van der Waals surface area contributed by atoms with E-state index >= 15 is 0 Å². The molecule has 0 radical (unpaired) electrons. The lowest BCUT2D eigenvalue weighted by atomic mass is 10.3. The smallest absolute Gasteiger partial charge is 0.265 e. The molecular weight excluding hydrogens is 166 g/mol. The largest absolute Gasteiger partial charge is 0.403 e. The first-order valence-electron chi connectivity index (χ1n) is 5.11. The summed E-state index contributed by atoms with van der Waals surface area (Å²) >= 11 is 0. The Morgan fingerprint density at radius 1 is 1.08 bits per heavy atom. The minimum Gasteiger partial charge on any atom is -0.403 e. The van der Waals surface area contributed by atoms with Crippen LogP contribution in [-0.2, 0) is 4.43 Å². The molecule has 0 fully saturated rings. The maximum atomic E-state index is 6.10. The second-order valence-corrected chi connectivity index (χ2v) is 7.16. The standard InChI is InChI=1S/C9H23NOSi/c1-4-7-8-9-11-12(10,5-2)6-3/h4-10H2,1-3H3. The summed E-state index contributed by atoms with van der Waals surface area (Å²) < 4.78 is 5.75. The minimum atomic E-state index is -1.75. The highest BCUT2D eigenvalue weighted by molar-refractivity contribution is 6.70. The van der Waals surface area contributed by atoms with Gasteiger partial charge in [-0.25, -0.2) is 0 Å². The number of rotatable bonds is 7. The molecule has 2 N–H and O–H groups in total. The Kier molecular flexibility index (Phi) is 6.71. The molecule has 0 unspecified atom stereocenters. The van der Waals surface area contributed by atoms with Gasteiger partial charge in [-0.15, -0.1) is 0 Å². The van der Waals surface area contributed by atoms with Crippen LogP contribution in [0.5, 0.6) is 0 Å². The Morgan fingerprint density at radius 2 is 1.67 bits per heavy atom. The Hall–Kier alpha value is 0.137. The average Bonchev–Trinajstić information content (AvgIpc) is 2.12. The van der Waals surface area contributed by atoms with E-state index in [1.54, 1.807) is 0 Å². The van der Waals surface area contributed by atoms with Crippen LogP contribution in [0.2, 0.25) is 12.1 Å². The molecule has 0 aromatic rings. The van der Waals surface area contributed by atoms with E-state index in [0.717, 1.165) is 18.7 Å². The summed E-state index contributed by atoms with van der Waals surface area (Å²) in [6.07, 6.45) is 3.68. The van der Waals surface area contributed by atoms with Crippen LogP contribution >= 0.6 is 0 Å². The topological polar surface area (TPSA) is 35.2 Å². The van der Waals surface area contributed by atoms with Gasteiger partial charge in [0.25, 0.3) is 8.48 Å². The fourth-order valence-corrected chi connectivity index (χ4v) is 2.54. The quantitative estimate of drug-likeness (QED) is 0.493. The predicted octanol–water partition coefficient (Wildman–Crippen LogP) is 2.63. The summed E-state index contributed by atoms with van der Waals surface area (Å²) in [5.41, 5.74) is 0. The second kappa shape index (κ2) is 6.63. The van der Waals surface area contributed by atoms with Crippen molar-refractivity contribution < 1.29 is 4.43 Å². The van der Waals surface area contributed by atoms with Crippen molar-refractivity contribution in [3.63, 3.8) is 0 Å². The van der Waals surface area contributed by atoms with Crippen LogP contribution in [-0.4, -0.2) is 15.1 Å². The van der Waals surface area contributed by atoms with Gasteiger partial charge in [-0.3, -0.25) is 0 Å². The van der Waals surface area contributed by atoms with Crippen molar-refractivity contribution in [2.24, 2.45) is 5.40 Å². The van der Waals surface area contributed by atoms with Gasteiger partial charge in [0.1, 0.15) is 0 Å². The molecule has 0 spiro atoms. The van der Waals surface area contributed by atoms with Crippen LogP contribution in [0.25, 0.3) is 0 Å². The fraction of sp³-hybridized carbons (Fsp3) is 1.00. The summed E-state index contributed by atoms with van der Waals surface area (Å²) in [6.45, 7) is 7.34. The van der Waals surface area contributed by atoms with Gasteiger partial charge in [0.2, 0.25) is 0 Å². The molecule has 0 atom stereocenters. The van der Waals surface area contributed by atoms with E-state index in [-0.39, 0.29) is 0 Å². The van der Waals surface area contributed by atoms with E-state index in [4.69, 9.17) is 9.83 Å². The molecule has 0 amide bonds. The van der Waals surface area contributed by atoms with Crippen LogP contribution < -0.4 is 5.40 Å². The second-order valence-electron chi connectivity index (χ2n) is 3.33. The van der Waals surface area contributed by atoms with Crippen molar-refractivity contribution in [3.05, 3.63) is 0 Å². The zero-order valence-corrected chi connectivity index (χ0v) is 9.73. The minimum absolute atomic E-state index is 0.873. The van der Waals surface area contributed by atoms with Crippen molar-refractivity contribution in [1.82, 2.24) is 0 Å². The lowest BCUT2D eigenvalue weighted by Gasteiger charge is -2.23. The normalized spacial score (nSPS) is 12.0. The predicted molar refractivity (Wildman–Crippen MR) is 56.4 cm³/mol. The molecule has 0 aromatic carbocycles. The van der Waals surface area contributed by atoms with Crippen LogP contribution in [0.3, 0.4) is 0 Å². The lowest BCUT2D eigenvalue weighted by Crippen LogP contribution is -2.47. The Balaban J connectivity index is 3.45. The fourth-order valence-electron chi connectivity index (χ4n) is 1.08. The van der Waals surface area contributed by atoms with Crippen molar-refractivity contribution in [1.29, 1.82) is 0 Å². The van der Waals surface area contributed by atoms with Gasteiger partial charge in [-0.1, -0.05) is 33.6 Å². The zero-order valence-electron chi connectivity index (χ0n) is 8.73. The van der Waals surface area contributed by atoms with Gasteiger partial charge in [-0.05, 0) is 18.5 Å². The van der Waals surface area contributed by atoms with Crippen molar-refractivity contribution in [2.75, 3.05) is 6.61 Å². The third-order valence-electron chi connectivity index (χ3n) is 2.33. The van der Waals surface area contributed by atoms with E-state index in [0.29, 0.717) is 0 Å². The maximum absolute atomic E-state index is 6.10. The molecule has 0 saturated heterocycles. The first kappa shape index (κ1) is 12.1. The molecule has 12 heavy (non-hydrogen) atoms. The van der Waals surface area contributed by atoms with Gasteiger partial charge in [0.15, 0.2) is 0 Å². The third kappa shape index (κ3) is 4.90. The van der Waals surface area contributed by atoms with Gasteiger partial charge < -0.3 is 9.83 Å². The highest BCUT2D eigenvalue weighted by Crippen LogP contribution is 2.10. The first-order chi connectivity index (χ1) is 5.68. The summed E-state index contributed by atoms with van der Waals surface area (Å²) in [4.78, 5) is 0. The third-order valence-corrected chi connectivity index (χ3v) is 5.51. The van der Waals surface area contributed by atoms with Gasteiger partial charge in [-0.2, -0.15) is 0 Å². The lowest BCUT2D eigenvalue weighted by molar-refractivity contribution is 0.289. The average molecular weight is 189 g/mol. The molecular formula is C9H23NOSi. The number of hydrogen-bond acceptors (Lipinski definition) is 2. The van der Waals surface area contributed by atoms with Gasteiger partial charge in [0, 0.05) is 6.61 Å². The SMILES string of the molecule is CCCCCO[Si](N)(CC)CC. The molecule has 0 saturated carbocycles. The van der Waals surface area contributed by atoms with E-state index in [9.17, 15) is 0 Å². The van der Waals surface area contributed by atoms with Crippen molar-refractivity contribution in [3.8, 4) is 0 Å². The maximum Gasteiger partial charge on any atom is 0.265 e. The van der Waals surface area contributed by atoms with Crippen LogP contribution in [0.4, 0.5) is 0 Å². The summed E-state index contributed by atoms with van der Waals surface area (Å²) in [7, 11) is -1.75. The summed E-state index contributed by atoms with van der Waals surface area (Å²) in [5, 5.41) is 6.10. The van der Waals surface area contributed by atoms with Gasteiger partial charge >= 0.3 is 0 Å². The Morgan fingerprint density at radius 3 is 2.08 bits per heavy atom. The van der Waals surface area contributed by atoms with E-state index < -0.39 is 8.48 Å². The summed E-state index contributed by atoms with van der Waals surface area (Å²) in [5.74, 6) is 0. The molecule has 0 aliphatic rings.